The first-order chi connectivity index (χ1) is 13.2. The van der Waals surface area contributed by atoms with Crippen molar-refractivity contribution in [2.45, 2.75) is 31.6 Å². The van der Waals surface area contributed by atoms with E-state index in [0.717, 1.165) is 25.0 Å². The zero-order valence-electron chi connectivity index (χ0n) is 16.8. The Labute approximate surface area is 186 Å². The Hall–Kier alpha value is -1.56. The molecule has 1 aliphatic carbocycles. The third kappa shape index (κ3) is 8.77. The van der Waals surface area contributed by atoms with Gasteiger partial charge in [-0.2, -0.15) is 13.2 Å². The second kappa shape index (κ2) is 11.6. The van der Waals surface area contributed by atoms with Crippen molar-refractivity contribution in [1.29, 1.82) is 0 Å². The Morgan fingerprint density at radius 1 is 1.34 bits per heavy atom. The fourth-order valence-electron chi connectivity index (χ4n) is 2.64. The third-order valence-electron chi connectivity index (χ3n) is 4.44. The number of carbonyl (C=O) groups is 1. The van der Waals surface area contributed by atoms with Crippen molar-refractivity contribution in [3.8, 4) is 0 Å². The van der Waals surface area contributed by atoms with E-state index in [2.05, 4.69) is 15.6 Å². The molecule has 1 aromatic rings. The Kier molecular flexibility index (Phi) is 10.2. The van der Waals surface area contributed by atoms with E-state index in [4.69, 9.17) is 4.74 Å². The van der Waals surface area contributed by atoms with Gasteiger partial charge in [-0.1, -0.05) is 12.1 Å². The fraction of sp³-hybridized carbons (Fsp3) is 0.579. The van der Waals surface area contributed by atoms with Crippen molar-refractivity contribution in [2.75, 3.05) is 34.4 Å². The van der Waals surface area contributed by atoms with Crippen molar-refractivity contribution in [3.05, 3.63) is 35.4 Å². The number of benzene rings is 1. The maximum Gasteiger partial charge on any atom is 0.416 e. The van der Waals surface area contributed by atoms with Gasteiger partial charge in [0.05, 0.1) is 31.3 Å². The average Bonchev–Trinajstić information content (AvgIpc) is 3.47. The van der Waals surface area contributed by atoms with Gasteiger partial charge in [-0.3, -0.25) is 4.79 Å². The molecule has 0 saturated heterocycles. The van der Waals surface area contributed by atoms with Gasteiger partial charge < -0.3 is 20.3 Å². The largest absolute Gasteiger partial charge is 0.416 e. The highest BCUT2D eigenvalue weighted by atomic mass is 127. The summed E-state index contributed by atoms with van der Waals surface area (Å²) in [4.78, 5) is 17.7. The molecule has 1 unspecified atom stereocenters. The molecule has 0 aromatic heterocycles. The maximum absolute atomic E-state index is 12.9. The van der Waals surface area contributed by atoms with E-state index in [1.807, 2.05) is 0 Å². The number of hydrogen-bond donors (Lipinski definition) is 2. The van der Waals surface area contributed by atoms with E-state index in [9.17, 15) is 18.0 Å². The molecule has 1 aromatic carbocycles. The molecule has 0 bridgehead atoms. The minimum atomic E-state index is -4.40. The molecule has 1 atom stereocenters. The number of amides is 1. The van der Waals surface area contributed by atoms with Crippen molar-refractivity contribution >= 4 is 35.8 Å². The van der Waals surface area contributed by atoms with Crippen molar-refractivity contribution in [3.63, 3.8) is 0 Å². The van der Waals surface area contributed by atoms with Crippen LogP contribution < -0.4 is 10.6 Å². The highest BCUT2D eigenvalue weighted by molar-refractivity contribution is 14.0. The molecule has 0 radical (unpaired) electrons. The van der Waals surface area contributed by atoms with Gasteiger partial charge in [0.15, 0.2) is 5.96 Å². The predicted octanol–water partition coefficient (Wildman–Crippen LogP) is 2.87. The van der Waals surface area contributed by atoms with Crippen LogP contribution in [0.3, 0.4) is 0 Å². The van der Waals surface area contributed by atoms with Crippen LogP contribution in [-0.2, 0) is 22.3 Å². The minimum Gasteiger partial charge on any atom is -0.383 e. The molecule has 6 nitrogen and oxygen atoms in total. The lowest BCUT2D eigenvalue weighted by atomic mass is 10.1. The molecule has 1 saturated carbocycles. The van der Waals surface area contributed by atoms with Crippen LogP contribution in [0.5, 0.6) is 0 Å². The number of halogens is 4. The number of hydrogen-bond acceptors (Lipinski definition) is 3. The van der Waals surface area contributed by atoms with E-state index in [1.165, 1.54) is 11.0 Å². The molecule has 2 N–H and O–H groups in total. The lowest BCUT2D eigenvalue weighted by Crippen LogP contribution is -2.48. The molecule has 164 valence electrons. The topological polar surface area (TPSA) is 66.0 Å². The normalized spacial score (nSPS) is 15.3. The lowest BCUT2D eigenvalue weighted by molar-refractivity contribution is -0.137. The standard InChI is InChI=1S/C19H27F3N4O2.HI/c1-26(2)17(27)11-24-18(25-16(12-28-3)14-7-8-14)23-10-13-5-4-6-15(9-13)19(20,21)22;/h4-6,9,14,16H,7-8,10-12H2,1-3H3,(H2,23,24,25);1H. The molecule has 0 aliphatic heterocycles. The van der Waals surface area contributed by atoms with Crippen molar-refractivity contribution in [2.24, 2.45) is 10.9 Å². The Morgan fingerprint density at radius 3 is 2.59 bits per heavy atom. The summed E-state index contributed by atoms with van der Waals surface area (Å²) in [7, 11) is 4.91. The Bertz CT molecular complexity index is 694. The van der Waals surface area contributed by atoms with E-state index in [0.29, 0.717) is 24.0 Å². The number of nitrogens with zero attached hydrogens (tertiary/aromatic N) is 2. The van der Waals surface area contributed by atoms with Crippen LogP contribution in [0, 0.1) is 5.92 Å². The summed E-state index contributed by atoms with van der Waals surface area (Å²) in [6.07, 6.45) is -2.23. The van der Waals surface area contributed by atoms with Gasteiger partial charge in [0.25, 0.3) is 0 Å². The van der Waals surface area contributed by atoms with Gasteiger partial charge in [0.1, 0.15) is 0 Å². The summed E-state index contributed by atoms with van der Waals surface area (Å²) < 4.78 is 43.9. The summed E-state index contributed by atoms with van der Waals surface area (Å²) in [6, 6.07) is 5.10. The number of likely N-dealkylation sites (N-methyl/N-ethyl adjacent to an activating group) is 1. The predicted molar refractivity (Wildman–Crippen MR) is 116 cm³/mol. The number of ether oxygens (including phenoxy) is 1. The monoisotopic (exact) mass is 528 g/mol. The van der Waals surface area contributed by atoms with Crippen LogP contribution >= 0.6 is 24.0 Å². The van der Waals surface area contributed by atoms with E-state index < -0.39 is 11.7 Å². The number of nitrogens with one attached hydrogen (secondary N) is 2. The molecular weight excluding hydrogens is 500 g/mol. The van der Waals surface area contributed by atoms with E-state index in [-0.39, 0.29) is 49.0 Å². The quantitative estimate of drug-likeness (QED) is 0.310. The molecule has 29 heavy (non-hydrogen) atoms. The fourth-order valence-corrected chi connectivity index (χ4v) is 2.64. The van der Waals surface area contributed by atoms with Crippen molar-refractivity contribution < 1.29 is 22.7 Å². The summed E-state index contributed by atoms with van der Waals surface area (Å²) in [5, 5.41) is 6.20. The van der Waals surface area contributed by atoms with Gasteiger partial charge in [-0.25, -0.2) is 4.99 Å². The summed E-state index contributed by atoms with van der Waals surface area (Å²) >= 11 is 0. The zero-order valence-corrected chi connectivity index (χ0v) is 19.1. The number of alkyl halides is 3. The first-order valence-electron chi connectivity index (χ1n) is 9.10. The number of methoxy groups -OCH3 is 1. The number of carbonyl (C=O) groups excluding carboxylic acids is 1. The van der Waals surface area contributed by atoms with Crippen LogP contribution in [0.2, 0.25) is 0 Å². The molecule has 2 rings (SSSR count). The molecule has 1 fully saturated rings. The second-order valence-electron chi connectivity index (χ2n) is 7.05. The highest BCUT2D eigenvalue weighted by Crippen LogP contribution is 2.32. The Balaban J connectivity index is 0.00000420. The molecule has 10 heteroatoms. The van der Waals surface area contributed by atoms with E-state index >= 15 is 0 Å². The lowest BCUT2D eigenvalue weighted by Gasteiger charge is -2.21. The number of guanidine groups is 1. The van der Waals surface area contributed by atoms with Gasteiger partial charge in [-0.15, -0.1) is 24.0 Å². The van der Waals surface area contributed by atoms with Crippen LogP contribution in [0.1, 0.15) is 24.0 Å². The molecule has 1 amide bonds. The first-order valence-corrected chi connectivity index (χ1v) is 9.10. The summed E-state index contributed by atoms with van der Waals surface area (Å²) in [6.45, 7) is 0.572. The average molecular weight is 528 g/mol. The highest BCUT2D eigenvalue weighted by Gasteiger charge is 2.32. The van der Waals surface area contributed by atoms with Crippen LogP contribution in [0.4, 0.5) is 13.2 Å². The smallest absolute Gasteiger partial charge is 0.383 e. The summed E-state index contributed by atoms with van der Waals surface area (Å²) in [5.41, 5.74) is -0.273. The first kappa shape index (κ1) is 25.5. The van der Waals surface area contributed by atoms with Crippen LogP contribution in [-0.4, -0.2) is 57.2 Å². The minimum absolute atomic E-state index is 0. The number of aliphatic imine (C=N–C) groups is 1. The maximum atomic E-state index is 12.9. The second-order valence-corrected chi connectivity index (χ2v) is 7.05. The zero-order chi connectivity index (χ0) is 20.7. The van der Waals surface area contributed by atoms with Crippen LogP contribution in [0.15, 0.2) is 29.3 Å². The molecule has 0 heterocycles. The van der Waals surface area contributed by atoms with E-state index in [1.54, 1.807) is 27.3 Å². The SMILES string of the molecule is COCC(NC(=NCc1cccc(C(F)(F)F)c1)NCC(=O)N(C)C)C1CC1.I. The van der Waals surface area contributed by atoms with Gasteiger partial charge in [0.2, 0.25) is 5.91 Å². The molecule has 1 aliphatic rings. The van der Waals surface area contributed by atoms with Gasteiger partial charge in [0, 0.05) is 21.2 Å². The molecule has 0 spiro atoms. The number of rotatable bonds is 8. The van der Waals surface area contributed by atoms with Crippen LogP contribution in [0.25, 0.3) is 0 Å². The summed E-state index contributed by atoms with van der Waals surface area (Å²) in [5.74, 6) is 0.704. The van der Waals surface area contributed by atoms with Gasteiger partial charge in [-0.05, 0) is 36.5 Å². The van der Waals surface area contributed by atoms with Crippen molar-refractivity contribution in [1.82, 2.24) is 15.5 Å². The molecular formula is C19H28F3IN4O2. The Morgan fingerprint density at radius 2 is 2.03 bits per heavy atom. The third-order valence-corrected chi connectivity index (χ3v) is 4.44. The van der Waals surface area contributed by atoms with Gasteiger partial charge >= 0.3 is 6.18 Å².